The molecule has 0 aliphatic rings. The summed E-state index contributed by atoms with van der Waals surface area (Å²) in [4.78, 5) is 12.3. The maximum absolute atomic E-state index is 14.0. The van der Waals surface area contributed by atoms with Crippen molar-refractivity contribution in [2.45, 2.75) is 0 Å². The van der Waals surface area contributed by atoms with Crippen molar-refractivity contribution < 1.29 is 18.7 Å². The summed E-state index contributed by atoms with van der Waals surface area (Å²) in [6, 6.07) is 9.49. The van der Waals surface area contributed by atoms with Gasteiger partial charge in [0.25, 0.3) is 0 Å². The molecular formula is C15H12FIO3. The minimum absolute atomic E-state index is 0.0374. The summed E-state index contributed by atoms with van der Waals surface area (Å²) in [5.74, 6) is -0.444. The van der Waals surface area contributed by atoms with E-state index in [0.717, 1.165) is 9.64 Å². The smallest absolute Gasteiger partial charge is 0.196 e. The van der Waals surface area contributed by atoms with Gasteiger partial charge in [0.1, 0.15) is 5.82 Å². The molecule has 2 aromatic rings. The number of hydrogen-bond acceptors (Lipinski definition) is 3. The quantitative estimate of drug-likeness (QED) is 0.594. The van der Waals surface area contributed by atoms with E-state index in [1.54, 1.807) is 18.2 Å². The summed E-state index contributed by atoms with van der Waals surface area (Å²) in [6.45, 7) is 0. The Hall–Kier alpha value is -1.63. The summed E-state index contributed by atoms with van der Waals surface area (Å²) >= 11 is 2.10. The highest BCUT2D eigenvalue weighted by molar-refractivity contribution is 14.1. The Labute approximate surface area is 129 Å². The lowest BCUT2D eigenvalue weighted by Gasteiger charge is -2.10. The van der Waals surface area contributed by atoms with E-state index in [4.69, 9.17) is 9.47 Å². The molecule has 0 spiro atoms. The molecule has 0 atom stereocenters. The van der Waals surface area contributed by atoms with Crippen LogP contribution in [-0.4, -0.2) is 20.0 Å². The van der Waals surface area contributed by atoms with Crippen LogP contribution in [0.15, 0.2) is 36.4 Å². The standard InChI is InChI=1S/C15H12FIO3/c1-19-13-7-11(12(16)8-14(13)20-2)15(18)9-4-3-5-10(17)6-9/h3-8H,1-2H3. The van der Waals surface area contributed by atoms with Crippen LogP contribution in [0.2, 0.25) is 0 Å². The molecule has 0 bridgehead atoms. The van der Waals surface area contributed by atoms with Crippen LogP contribution in [0.4, 0.5) is 4.39 Å². The van der Waals surface area contributed by atoms with Gasteiger partial charge in [0.2, 0.25) is 0 Å². The van der Waals surface area contributed by atoms with E-state index in [9.17, 15) is 9.18 Å². The van der Waals surface area contributed by atoms with Gasteiger partial charge in [-0.05, 0) is 40.8 Å². The van der Waals surface area contributed by atoms with Crippen LogP contribution in [0.25, 0.3) is 0 Å². The Bertz CT molecular complexity index is 656. The van der Waals surface area contributed by atoms with E-state index in [-0.39, 0.29) is 17.1 Å². The third kappa shape index (κ3) is 2.92. The highest BCUT2D eigenvalue weighted by Crippen LogP contribution is 2.30. The second-order valence-electron chi connectivity index (χ2n) is 4.03. The number of hydrogen-bond donors (Lipinski definition) is 0. The van der Waals surface area contributed by atoms with Crippen molar-refractivity contribution in [1.29, 1.82) is 0 Å². The lowest BCUT2D eigenvalue weighted by molar-refractivity contribution is 0.103. The van der Waals surface area contributed by atoms with Gasteiger partial charge in [-0.25, -0.2) is 4.39 Å². The molecule has 5 heteroatoms. The molecule has 0 aromatic heterocycles. The van der Waals surface area contributed by atoms with Gasteiger partial charge in [0.15, 0.2) is 17.3 Å². The number of benzene rings is 2. The summed E-state index contributed by atoms with van der Waals surface area (Å²) < 4.78 is 25.0. The minimum atomic E-state index is -0.633. The van der Waals surface area contributed by atoms with Crippen molar-refractivity contribution in [3.8, 4) is 11.5 Å². The fraction of sp³-hybridized carbons (Fsp3) is 0.133. The van der Waals surface area contributed by atoms with E-state index in [1.807, 2.05) is 6.07 Å². The molecule has 0 saturated carbocycles. The molecule has 0 radical (unpaired) electrons. The van der Waals surface area contributed by atoms with Gasteiger partial charge in [0.05, 0.1) is 19.8 Å². The van der Waals surface area contributed by atoms with Crippen LogP contribution in [0.5, 0.6) is 11.5 Å². The number of ether oxygens (including phenoxy) is 2. The maximum Gasteiger partial charge on any atom is 0.196 e. The zero-order chi connectivity index (χ0) is 14.7. The normalized spacial score (nSPS) is 10.2. The SMILES string of the molecule is COc1cc(F)c(C(=O)c2cccc(I)c2)cc1OC. The van der Waals surface area contributed by atoms with Crippen LogP contribution in [0.3, 0.4) is 0 Å². The Morgan fingerprint density at radius 3 is 2.35 bits per heavy atom. The molecule has 0 heterocycles. The van der Waals surface area contributed by atoms with Crippen molar-refractivity contribution in [3.05, 3.63) is 56.9 Å². The van der Waals surface area contributed by atoms with Gasteiger partial charge in [-0.2, -0.15) is 0 Å². The molecule has 2 rings (SSSR count). The number of halogens is 2. The van der Waals surface area contributed by atoms with Crippen molar-refractivity contribution in [2.24, 2.45) is 0 Å². The fourth-order valence-corrected chi connectivity index (χ4v) is 2.36. The van der Waals surface area contributed by atoms with Crippen LogP contribution < -0.4 is 9.47 Å². The molecule has 0 amide bonds. The Balaban J connectivity index is 2.49. The first-order valence-electron chi connectivity index (χ1n) is 5.78. The van der Waals surface area contributed by atoms with Crippen LogP contribution in [-0.2, 0) is 0 Å². The topological polar surface area (TPSA) is 35.5 Å². The molecule has 0 fully saturated rings. The van der Waals surface area contributed by atoms with Crippen molar-refractivity contribution >= 4 is 28.4 Å². The second kappa shape index (κ2) is 6.21. The molecule has 0 N–H and O–H groups in total. The average Bonchev–Trinajstić information content (AvgIpc) is 2.46. The van der Waals surface area contributed by atoms with E-state index in [1.165, 1.54) is 20.3 Å². The van der Waals surface area contributed by atoms with Crippen LogP contribution >= 0.6 is 22.6 Å². The van der Waals surface area contributed by atoms with Gasteiger partial charge in [-0.1, -0.05) is 12.1 Å². The molecule has 20 heavy (non-hydrogen) atoms. The second-order valence-corrected chi connectivity index (χ2v) is 5.27. The van der Waals surface area contributed by atoms with E-state index < -0.39 is 5.82 Å². The zero-order valence-electron chi connectivity index (χ0n) is 10.9. The highest BCUT2D eigenvalue weighted by Gasteiger charge is 2.18. The Morgan fingerprint density at radius 1 is 1.10 bits per heavy atom. The number of carbonyl (C=O) groups excluding carboxylic acids is 1. The van der Waals surface area contributed by atoms with Gasteiger partial charge >= 0.3 is 0 Å². The molecular weight excluding hydrogens is 374 g/mol. The van der Waals surface area contributed by atoms with Crippen molar-refractivity contribution in [2.75, 3.05) is 14.2 Å². The number of rotatable bonds is 4. The predicted molar refractivity (Wildman–Crippen MR) is 82.1 cm³/mol. The van der Waals surface area contributed by atoms with E-state index in [0.29, 0.717) is 11.3 Å². The van der Waals surface area contributed by atoms with Crippen molar-refractivity contribution in [3.63, 3.8) is 0 Å². The van der Waals surface area contributed by atoms with Crippen LogP contribution in [0.1, 0.15) is 15.9 Å². The third-order valence-corrected chi connectivity index (χ3v) is 3.48. The maximum atomic E-state index is 14.0. The minimum Gasteiger partial charge on any atom is -0.493 e. The first-order valence-corrected chi connectivity index (χ1v) is 6.86. The Kier molecular flexibility index (Phi) is 4.59. The summed E-state index contributed by atoms with van der Waals surface area (Å²) in [5.41, 5.74) is 0.396. The summed E-state index contributed by atoms with van der Waals surface area (Å²) in [5, 5.41) is 0. The fourth-order valence-electron chi connectivity index (χ4n) is 1.81. The Morgan fingerprint density at radius 2 is 1.75 bits per heavy atom. The van der Waals surface area contributed by atoms with Crippen LogP contribution in [0, 0.1) is 9.39 Å². The molecule has 0 aliphatic carbocycles. The lowest BCUT2D eigenvalue weighted by atomic mass is 10.0. The monoisotopic (exact) mass is 386 g/mol. The number of methoxy groups -OCH3 is 2. The van der Waals surface area contributed by atoms with Gasteiger partial charge < -0.3 is 9.47 Å². The summed E-state index contributed by atoms with van der Waals surface area (Å²) in [7, 11) is 2.85. The van der Waals surface area contributed by atoms with Gasteiger partial charge in [-0.3, -0.25) is 4.79 Å². The third-order valence-electron chi connectivity index (χ3n) is 2.80. The van der Waals surface area contributed by atoms with Gasteiger partial charge in [-0.15, -0.1) is 0 Å². The molecule has 104 valence electrons. The first kappa shape index (κ1) is 14.8. The van der Waals surface area contributed by atoms with Gasteiger partial charge in [0, 0.05) is 15.2 Å². The van der Waals surface area contributed by atoms with Crippen molar-refractivity contribution in [1.82, 2.24) is 0 Å². The average molecular weight is 386 g/mol. The lowest BCUT2D eigenvalue weighted by Crippen LogP contribution is -2.06. The summed E-state index contributed by atoms with van der Waals surface area (Å²) in [6.07, 6.45) is 0. The number of carbonyl (C=O) groups is 1. The molecule has 3 nitrogen and oxygen atoms in total. The largest absolute Gasteiger partial charge is 0.493 e. The number of ketones is 1. The molecule has 2 aromatic carbocycles. The zero-order valence-corrected chi connectivity index (χ0v) is 13.1. The first-order chi connectivity index (χ1) is 9.56. The van der Waals surface area contributed by atoms with E-state index >= 15 is 0 Å². The highest BCUT2D eigenvalue weighted by atomic mass is 127. The van der Waals surface area contributed by atoms with E-state index in [2.05, 4.69) is 22.6 Å². The molecule has 0 aliphatic heterocycles. The molecule has 0 saturated heterocycles. The molecule has 0 unspecified atom stereocenters. The predicted octanol–water partition coefficient (Wildman–Crippen LogP) is 3.68.